The van der Waals surface area contributed by atoms with Crippen LogP contribution in [0.2, 0.25) is 0 Å². The maximum absolute atomic E-state index is 4.66. The summed E-state index contributed by atoms with van der Waals surface area (Å²) >= 11 is 4.95. The molecule has 0 saturated carbocycles. The van der Waals surface area contributed by atoms with Crippen molar-refractivity contribution in [3.8, 4) is 11.3 Å². The molecule has 2 heterocycles. The van der Waals surface area contributed by atoms with Gasteiger partial charge < -0.3 is 0 Å². The second-order valence-corrected chi connectivity index (χ2v) is 5.91. The largest absolute Gasteiger partial charge is 0.217 e. The molecule has 1 aromatic carbocycles. The second kappa shape index (κ2) is 4.23. The van der Waals surface area contributed by atoms with Gasteiger partial charge in [0, 0.05) is 5.56 Å². The van der Waals surface area contributed by atoms with Gasteiger partial charge in [0.15, 0.2) is 3.92 Å². The summed E-state index contributed by atoms with van der Waals surface area (Å²) < 4.78 is 2.80. The highest BCUT2D eigenvalue weighted by Crippen LogP contribution is 2.28. The summed E-state index contributed by atoms with van der Waals surface area (Å²) in [5.74, 6) is 0. The fourth-order valence-corrected chi connectivity index (χ4v) is 3.15. The number of hydrogen-bond donors (Lipinski definition) is 0. The van der Waals surface area contributed by atoms with Crippen LogP contribution in [0.15, 0.2) is 34.2 Å². The summed E-state index contributed by atoms with van der Waals surface area (Å²) in [5.41, 5.74) is 3.35. The van der Waals surface area contributed by atoms with Crippen molar-refractivity contribution in [2.75, 3.05) is 0 Å². The molecule has 0 aliphatic rings. The zero-order chi connectivity index (χ0) is 11.8. The van der Waals surface area contributed by atoms with E-state index in [0.717, 1.165) is 32.2 Å². The third-order valence-electron chi connectivity index (χ3n) is 2.65. The van der Waals surface area contributed by atoms with E-state index in [1.807, 2.05) is 22.7 Å². The lowest BCUT2D eigenvalue weighted by atomic mass is 10.1. The average molecular weight is 308 g/mol. The van der Waals surface area contributed by atoms with Gasteiger partial charge in [-0.25, -0.2) is 9.50 Å². The lowest BCUT2D eigenvalue weighted by molar-refractivity contribution is 0.874. The molecule has 3 aromatic rings. The Balaban J connectivity index is 2.26. The minimum atomic E-state index is 0.870. The summed E-state index contributed by atoms with van der Waals surface area (Å²) in [4.78, 5) is 5.60. The molecule has 0 aliphatic carbocycles. The van der Waals surface area contributed by atoms with Crippen molar-refractivity contribution in [3.05, 3.63) is 39.9 Å². The quantitative estimate of drug-likeness (QED) is 0.721. The van der Waals surface area contributed by atoms with Crippen molar-refractivity contribution in [3.63, 3.8) is 0 Å². The maximum atomic E-state index is 4.66. The molecule has 0 atom stereocenters. The third kappa shape index (κ3) is 1.79. The van der Waals surface area contributed by atoms with Crippen LogP contribution in [0.3, 0.4) is 0 Å². The monoisotopic (exact) mass is 307 g/mol. The molecule has 0 fully saturated rings. The number of hydrogen-bond acceptors (Lipinski definition) is 3. The molecule has 0 unspecified atom stereocenters. The van der Waals surface area contributed by atoms with Crippen LogP contribution in [0.1, 0.15) is 12.6 Å². The molecule has 17 heavy (non-hydrogen) atoms. The first-order valence-electron chi connectivity index (χ1n) is 5.39. The van der Waals surface area contributed by atoms with E-state index in [9.17, 15) is 0 Å². The lowest BCUT2D eigenvalue weighted by Crippen LogP contribution is -1.93. The number of imidazole rings is 1. The molecule has 5 heteroatoms. The standard InChI is InChI=1S/C12H10BrN3S/c1-2-9-10(8-6-4-3-5-7-8)14-12-16(9)15-11(13)17-12/h3-7H,2H2,1H3. The zero-order valence-corrected chi connectivity index (χ0v) is 11.6. The zero-order valence-electron chi connectivity index (χ0n) is 9.22. The van der Waals surface area contributed by atoms with E-state index in [4.69, 9.17) is 0 Å². The molecule has 86 valence electrons. The van der Waals surface area contributed by atoms with Crippen molar-refractivity contribution >= 4 is 32.2 Å². The fraction of sp³-hybridized carbons (Fsp3) is 0.167. The fourth-order valence-electron chi connectivity index (χ4n) is 1.91. The molecular formula is C12H10BrN3S. The van der Waals surface area contributed by atoms with E-state index in [-0.39, 0.29) is 0 Å². The third-order valence-corrected chi connectivity index (χ3v) is 3.99. The van der Waals surface area contributed by atoms with Gasteiger partial charge in [0.25, 0.3) is 0 Å². The first-order valence-corrected chi connectivity index (χ1v) is 7.00. The Morgan fingerprint density at radius 2 is 2.06 bits per heavy atom. The highest BCUT2D eigenvalue weighted by molar-refractivity contribution is 9.11. The van der Waals surface area contributed by atoms with E-state index >= 15 is 0 Å². The van der Waals surface area contributed by atoms with Crippen LogP contribution in [-0.4, -0.2) is 14.6 Å². The lowest BCUT2D eigenvalue weighted by Gasteiger charge is -1.99. The number of aryl methyl sites for hydroxylation is 1. The van der Waals surface area contributed by atoms with Crippen molar-refractivity contribution in [2.24, 2.45) is 0 Å². The van der Waals surface area contributed by atoms with E-state index in [2.05, 4.69) is 45.1 Å². The predicted molar refractivity (Wildman–Crippen MR) is 73.4 cm³/mol. The van der Waals surface area contributed by atoms with Gasteiger partial charge in [0.05, 0.1) is 11.4 Å². The van der Waals surface area contributed by atoms with Gasteiger partial charge in [-0.1, -0.05) is 48.6 Å². The molecule has 3 nitrogen and oxygen atoms in total. The van der Waals surface area contributed by atoms with Crippen LogP contribution in [0.25, 0.3) is 16.2 Å². The van der Waals surface area contributed by atoms with Crippen molar-refractivity contribution in [1.82, 2.24) is 14.6 Å². The Bertz CT molecular complexity index is 657. The van der Waals surface area contributed by atoms with E-state index < -0.39 is 0 Å². The number of aromatic nitrogens is 3. The number of halogens is 1. The molecule has 0 bridgehead atoms. The highest BCUT2D eigenvalue weighted by Gasteiger charge is 2.15. The second-order valence-electron chi connectivity index (χ2n) is 3.68. The van der Waals surface area contributed by atoms with Gasteiger partial charge in [0.1, 0.15) is 0 Å². The first kappa shape index (κ1) is 10.9. The summed E-state index contributed by atoms with van der Waals surface area (Å²) in [6.45, 7) is 2.13. The molecule has 3 rings (SSSR count). The van der Waals surface area contributed by atoms with Gasteiger partial charge in [-0.2, -0.15) is 0 Å². The molecule has 0 radical (unpaired) electrons. The summed E-state index contributed by atoms with van der Waals surface area (Å²) in [6.07, 6.45) is 0.918. The Labute approximate surface area is 111 Å². The number of benzene rings is 1. The predicted octanol–water partition coefficient (Wildman–Crippen LogP) is 3.78. The van der Waals surface area contributed by atoms with E-state index in [1.165, 1.54) is 0 Å². The Kier molecular flexibility index (Phi) is 2.72. The molecule has 0 saturated heterocycles. The average Bonchev–Trinajstić information content (AvgIpc) is 2.85. The smallest absolute Gasteiger partial charge is 0.213 e. The molecule has 2 aromatic heterocycles. The van der Waals surface area contributed by atoms with Crippen LogP contribution in [0, 0.1) is 0 Å². The molecule has 0 aliphatic heterocycles. The molecular weight excluding hydrogens is 298 g/mol. The minimum Gasteiger partial charge on any atom is -0.217 e. The molecule has 0 amide bonds. The van der Waals surface area contributed by atoms with Gasteiger partial charge in [-0.05, 0) is 22.4 Å². The number of rotatable bonds is 2. The van der Waals surface area contributed by atoms with Crippen LogP contribution in [0.5, 0.6) is 0 Å². The molecule has 0 N–H and O–H groups in total. The Morgan fingerprint density at radius 3 is 2.76 bits per heavy atom. The van der Waals surface area contributed by atoms with Crippen molar-refractivity contribution in [2.45, 2.75) is 13.3 Å². The van der Waals surface area contributed by atoms with E-state index in [0.29, 0.717) is 0 Å². The van der Waals surface area contributed by atoms with Crippen LogP contribution in [0.4, 0.5) is 0 Å². The van der Waals surface area contributed by atoms with Gasteiger partial charge in [-0.3, -0.25) is 0 Å². The van der Waals surface area contributed by atoms with E-state index in [1.54, 1.807) is 11.3 Å². The van der Waals surface area contributed by atoms with Crippen LogP contribution < -0.4 is 0 Å². The minimum absolute atomic E-state index is 0.870. The van der Waals surface area contributed by atoms with Crippen LogP contribution >= 0.6 is 27.3 Å². The summed E-state index contributed by atoms with van der Waals surface area (Å²) in [6, 6.07) is 10.3. The van der Waals surface area contributed by atoms with Gasteiger partial charge in [-0.15, -0.1) is 5.10 Å². The van der Waals surface area contributed by atoms with Crippen LogP contribution in [-0.2, 0) is 6.42 Å². The molecule has 0 spiro atoms. The first-order chi connectivity index (χ1) is 8.29. The Hall–Kier alpha value is -1.20. The van der Waals surface area contributed by atoms with Crippen molar-refractivity contribution < 1.29 is 0 Å². The highest BCUT2D eigenvalue weighted by atomic mass is 79.9. The maximum Gasteiger partial charge on any atom is 0.213 e. The van der Waals surface area contributed by atoms with Gasteiger partial charge >= 0.3 is 0 Å². The normalized spacial score (nSPS) is 11.2. The van der Waals surface area contributed by atoms with Crippen molar-refractivity contribution in [1.29, 1.82) is 0 Å². The summed E-state index contributed by atoms with van der Waals surface area (Å²) in [7, 11) is 0. The topological polar surface area (TPSA) is 30.2 Å². The van der Waals surface area contributed by atoms with Gasteiger partial charge in [0.2, 0.25) is 4.96 Å². The number of fused-ring (bicyclic) bond motifs is 1. The number of nitrogens with zero attached hydrogens (tertiary/aromatic N) is 3. The SMILES string of the molecule is CCc1c(-c2ccccc2)nc2sc(Br)nn12. The summed E-state index contributed by atoms with van der Waals surface area (Å²) in [5, 5.41) is 4.42. The Morgan fingerprint density at radius 1 is 1.29 bits per heavy atom.